The predicted octanol–water partition coefficient (Wildman–Crippen LogP) is 3.66. The number of aliphatic hydroxyl groups is 1. The molecule has 32 heavy (non-hydrogen) atoms. The number of fused-ring (bicyclic) bond motifs is 1. The van der Waals surface area contributed by atoms with E-state index in [4.69, 9.17) is 14.3 Å². The second-order valence-corrected chi connectivity index (χ2v) is 7.20. The van der Waals surface area contributed by atoms with Crippen LogP contribution in [-0.4, -0.2) is 50.0 Å². The summed E-state index contributed by atoms with van der Waals surface area (Å²) in [6, 6.07) is -2.06. The Morgan fingerprint density at radius 1 is 1.19 bits per heavy atom. The van der Waals surface area contributed by atoms with Crippen molar-refractivity contribution in [1.29, 1.82) is 0 Å². The standard InChI is InChI=1S/C21H23F3N6O2/c22-11-7-15(23)18(16(24)8-11)28-21-27-17-9-25-20(26-12-1-3-14(31)4-2-12)29-19(17)30(21)13-5-6-32-10-13/h7-9,12-14,31H,1-6,10H2,(H,27,28)(H,25,26,29)/i1D,2D,3D2,4D2,12D. The molecule has 0 bridgehead atoms. The predicted molar refractivity (Wildman–Crippen MR) is 111 cm³/mol. The monoisotopic (exact) mass is 455 g/mol. The van der Waals surface area contributed by atoms with Crippen molar-refractivity contribution in [2.75, 3.05) is 23.8 Å². The van der Waals surface area contributed by atoms with Crippen LogP contribution < -0.4 is 10.6 Å². The second kappa shape index (κ2) is 8.55. The molecule has 1 saturated heterocycles. The van der Waals surface area contributed by atoms with Gasteiger partial charge in [0.05, 0.1) is 26.3 Å². The van der Waals surface area contributed by atoms with E-state index >= 15 is 0 Å². The zero-order chi connectivity index (χ0) is 28.5. The summed E-state index contributed by atoms with van der Waals surface area (Å²) < 4.78 is 106. The molecule has 11 heteroatoms. The highest BCUT2D eigenvalue weighted by Crippen LogP contribution is 2.32. The van der Waals surface area contributed by atoms with Crippen LogP contribution in [0.25, 0.3) is 11.2 Å². The van der Waals surface area contributed by atoms with Gasteiger partial charge in [0.15, 0.2) is 17.3 Å². The molecule has 2 fully saturated rings. The van der Waals surface area contributed by atoms with Gasteiger partial charge in [0.1, 0.15) is 17.0 Å². The largest absolute Gasteiger partial charge is 0.393 e. The number of aliphatic hydroxyl groups excluding tert-OH is 1. The summed E-state index contributed by atoms with van der Waals surface area (Å²) in [4.78, 5) is 12.6. The highest BCUT2D eigenvalue weighted by molar-refractivity contribution is 5.76. The summed E-state index contributed by atoms with van der Waals surface area (Å²) in [6.45, 7) is 0.550. The minimum atomic E-state index is -2.90. The van der Waals surface area contributed by atoms with Crippen LogP contribution in [0, 0.1) is 17.5 Å². The number of hydrogen-bond acceptors (Lipinski definition) is 7. The van der Waals surface area contributed by atoms with Gasteiger partial charge in [0.2, 0.25) is 11.9 Å². The van der Waals surface area contributed by atoms with Gasteiger partial charge in [-0.15, -0.1) is 0 Å². The molecule has 5 rings (SSSR count). The first kappa shape index (κ1) is 14.3. The molecule has 3 heterocycles. The molecule has 170 valence electrons. The zero-order valence-corrected chi connectivity index (χ0v) is 16.4. The van der Waals surface area contributed by atoms with Crippen LogP contribution >= 0.6 is 0 Å². The minimum Gasteiger partial charge on any atom is -0.393 e. The number of halogens is 3. The van der Waals surface area contributed by atoms with Gasteiger partial charge >= 0.3 is 0 Å². The molecule has 1 aliphatic carbocycles. The van der Waals surface area contributed by atoms with Gasteiger partial charge in [-0.05, 0) is 32.0 Å². The van der Waals surface area contributed by atoms with Crippen LogP contribution in [0.5, 0.6) is 0 Å². The Hall–Kier alpha value is -2.92. The fraction of sp³-hybridized carbons (Fsp3) is 0.476. The minimum absolute atomic E-state index is 0.0814. The van der Waals surface area contributed by atoms with Crippen LogP contribution in [0.2, 0.25) is 0 Å². The number of nitrogens with zero attached hydrogens (tertiary/aromatic N) is 4. The van der Waals surface area contributed by atoms with E-state index in [1.165, 1.54) is 10.8 Å². The van der Waals surface area contributed by atoms with E-state index < -0.39 is 66.8 Å². The molecule has 1 saturated carbocycles. The maximum absolute atomic E-state index is 14.4. The van der Waals surface area contributed by atoms with E-state index in [0.717, 1.165) is 0 Å². The Kier molecular flexibility index (Phi) is 3.81. The van der Waals surface area contributed by atoms with Gasteiger partial charge < -0.3 is 20.5 Å². The summed E-state index contributed by atoms with van der Waals surface area (Å²) in [5.41, 5.74) is -0.448. The first-order chi connectivity index (χ1) is 18.2. The van der Waals surface area contributed by atoms with Gasteiger partial charge in [-0.3, -0.25) is 4.57 Å². The number of aromatic nitrogens is 4. The van der Waals surface area contributed by atoms with Crippen molar-refractivity contribution in [3.63, 3.8) is 0 Å². The molecule has 3 N–H and O–H groups in total. The normalized spacial score (nSPS) is 36.8. The SMILES string of the molecule is [2H]C1C([2H])([2H])C(O)C([2H])([2H])C([2H])C1([2H])Nc1ncc2nc(Nc3c(F)cc(F)cc3F)n(C3CCOC3)c2n1. The van der Waals surface area contributed by atoms with E-state index in [0.29, 0.717) is 25.2 Å². The summed E-state index contributed by atoms with van der Waals surface area (Å²) in [5.74, 6) is -3.97. The maximum atomic E-state index is 14.4. The average Bonchev–Trinajstić information content (AvgIpc) is 3.51. The Morgan fingerprint density at radius 3 is 2.62 bits per heavy atom. The molecule has 0 radical (unpaired) electrons. The number of benzene rings is 1. The highest BCUT2D eigenvalue weighted by atomic mass is 19.1. The molecule has 1 aromatic carbocycles. The highest BCUT2D eigenvalue weighted by Gasteiger charge is 2.27. The third-order valence-corrected chi connectivity index (χ3v) is 5.00. The molecule has 3 unspecified atom stereocenters. The number of imidazole rings is 1. The van der Waals surface area contributed by atoms with Crippen LogP contribution in [0.4, 0.5) is 30.8 Å². The fourth-order valence-corrected chi connectivity index (χ4v) is 3.51. The fourth-order valence-electron chi connectivity index (χ4n) is 3.51. The Morgan fingerprint density at radius 2 is 1.94 bits per heavy atom. The van der Waals surface area contributed by atoms with E-state index in [1.54, 1.807) is 0 Å². The van der Waals surface area contributed by atoms with E-state index in [2.05, 4.69) is 25.6 Å². The second-order valence-electron chi connectivity index (χ2n) is 7.20. The quantitative estimate of drug-likeness (QED) is 0.540. The molecule has 8 nitrogen and oxygen atoms in total. The molecule has 0 spiro atoms. The van der Waals surface area contributed by atoms with Crippen molar-refractivity contribution in [2.24, 2.45) is 0 Å². The van der Waals surface area contributed by atoms with Crippen molar-refractivity contribution < 1.29 is 32.6 Å². The summed E-state index contributed by atoms with van der Waals surface area (Å²) >= 11 is 0. The van der Waals surface area contributed by atoms with Crippen LogP contribution in [-0.2, 0) is 4.74 Å². The molecule has 3 atom stereocenters. The molecule has 0 amide bonds. The lowest BCUT2D eigenvalue weighted by Crippen LogP contribution is -2.29. The third-order valence-electron chi connectivity index (χ3n) is 5.00. The summed E-state index contributed by atoms with van der Waals surface area (Å²) in [7, 11) is 0. The number of rotatable bonds is 5. The van der Waals surface area contributed by atoms with Gasteiger partial charge in [-0.25, -0.2) is 23.1 Å². The van der Waals surface area contributed by atoms with Crippen molar-refractivity contribution in [2.45, 2.75) is 50.1 Å². The van der Waals surface area contributed by atoms with Gasteiger partial charge in [-0.1, -0.05) is 0 Å². The van der Waals surface area contributed by atoms with Gasteiger partial charge in [-0.2, -0.15) is 4.98 Å². The first-order valence-corrected chi connectivity index (χ1v) is 9.73. The lowest BCUT2D eigenvalue weighted by molar-refractivity contribution is 0.126. The van der Waals surface area contributed by atoms with Crippen molar-refractivity contribution in [3.05, 3.63) is 35.8 Å². The van der Waals surface area contributed by atoms with Crippen LogP contribution in [0.15, 0.2) is 18.3 Å². The Labute approximate surface area is 191 Å². The molecule has 1 aliphatic heterocycles. The van der Waals surface area contributed by atoms with E-state index in [9.17, 15) is 18.3 Å². The lowest BCUT2D eigenvalue weighted by Gasteiger charge is -2.26. The molecular weight excluding hydrogens is 425 g/mol. The van der Waals surface area contributed by atoms with E-state index in [-0.39, 0.29) is 29.7 Å². The number of anilines is 3. The number of ether oxygens (including phenoxy) is 1. The molecule has 3 aromatic rings. The lowest BCUT2D eigenvalue weighted by atomic mass is 9.93. The maximum Gasteiger partial charge on any atom is 0.224 e. The Bertz CT molecular complexity index is 1380. The average molecular weight is 455 g/mol. The molecular formula is C21H23F3N6O2. The van der Waals surface area contributed by atoms with Crippen molar-refractivity contribution in [3.8, 4) is 0 Å². The Balaban J connectivity index is 1.58. The number of hydrogen-bond donors (Lipinski definition) is 3. The van der Waals surface area contributed by atoms with E-state index in [1.807, 2.05) is 0 Å². The van der Waals surface area contributed by atoms with Gasteiger partial charge in [0, 0.05) is 33.0 Å². The van der Waals surface area contributed by atoms with Crippen molar-refractivity contribution >= 4 is 28.7 Å². The molecule has 2 aromatic heterocycles. The third kappa shape index (κ3) is 4.09. The smallest absolute Gasteiger partial charge is 0.224 e. The summed E-state index contributed by atoms with van der Waals surface area (Å²) in [6.07, 6.45) is -10.7. The topological polar surface area (TPSA) is 97.1 Å². The number of nitrogens with one attached hydrogen (secondary N) is 2. The van der Waals surface area contributed by atoms with Crippen molar-refractivity contribution in [1.82, 2.24) is 19.5 Å². The van der Waals surface area contributed by atoms with Crippen LogP contribution in [0.3, 0.4) is 0 Å². The first-order valence-electron chi connectivity index (χ1n) is 13.4. The zero-order valence-electron chi connectivity index (χ0n) is 23.4. The van der Waals surface area contributed by atoms with Crippen LogP contribution in [0.1, 0.15) is 47.6 Å². The van der Waals surface area contributed by atoms with Gasteiger partial charge in [0.25, 0.3) is 0 Å². The molecule has 2 aliphatic rings. The summed E-state index contributed by atoms with van der Waals surface area (Å²) in [5, 5.41) is 15.1.